The molecule has 1 aromatic rings. The maximum atomic E-state index is 11.7. The van der Waals surface area contributed by atoms with Crippen molar-refractivity contribution in [3.05, 3.63) is 33.1 Å². The first-order chi connectivity index (χ1) is 8.99. The molecular weight excluding hydrogens is 284 g/mol. The van der Waals surface area contributed by atoms with E-state index in [9.17, 15) is 14.4 Å². The second-order valence-electron chi connectivity index (χ2n) is 4.93. The monoisotopic (exact) mass is 302 g/mol. The van der Waals surface area contributed by atoms with Crippen molar-refractivity contribution >= 4 is 18.3 Å². The highest BCUT2D eigenvalue weighted by Gasteiger charge is 2.28. The van der Waals surface area contributed by atoms with Gasteiger partial charge in [-0.15, -0.1) is 12.4 Å². The Morgan fingerprint density at radius 2 is 2.15 bits per heavy atom. The summed E-state index contributed by atoms with van der Waals surface area (Å²) in [6.45, 7) is 0.314. The summed E-state index contributed by atoms with van der Waals surface area (Å²) < 4.78 is 2.16. The van der Waals surface area contributed by atoms with Gasteiger partial charge in [0.15, 0.2) is 0 Å². The molecule has 112 valence electrons. The molecule has 0 bridgehead atoms. The van der Waals surface area contributed by atoms with Crippen molar-refractivity contribution < 1.29 is 4.79 Å². The third-order valence-electron chi connectivity index (χ3n) is 3.34. The molecule has 7 nitrogen and oxygen atoms in total. The summed E-state index contributed by atoms with van der Waals surface area (Å²) in [7, 11) is 1.38. The summed E-state index contributed by atoms with van der Waals surface area (Å²) in [6.07, 6.45) is 3.57. The molecule has 1 unspecified atom stereocenters. The summed E-state index contributed by atoms with van der Waals surface area (Å²) in [5, 5.41) is 2.70. The standard InChI is InChI=1S/C12H18N4O3.ClH/c1-15-11(18)4-5-16(12(15)19)7-10(17)14-6-9(13)8-2-3-8;/h4-5,8-9H,2-3,6-7,13H2,1H3,(H,14,17);1H. The van der Waals surface area contributed by atoms with E-state index in [1.807, 2.05) is 0 Å². The average Bonchev–Trinajstić information content (AvgIpc) is 3.21. The fourth-order valence-electron chi connectivity index (χ4n) is 1.87. The smallest absolute Gasteiger partial charge is 0.331 e. The zero-order chi connectivity index (χ0) is 14.0. The molecule has 0 saturated heterocycles. The Bertz CT molecular complexity index is 591. The van der Waals surface area contributed by atoms with Crippen molar-refractivity contribution in [2.24, 2.45) is 18.7 Å². The van der Waals surface area contributed by atoms with Crippen LogP contribution < -0.4 is 22.3 Å². The van der Waals surface area contributed by atoms with E-state index in [-0.39, 0.29) is 30.9 Å². The van der Waals surface area contributed by atoms with Crippen LogP contribution in [-0.2, 0) is 18.4 Å². The number of hydrogen-bond acceptors (Lipinski definition) is 4. The van der Waals surface area contributed by atoms with Crippen LogP contribution >= 0.6 is 12.4 Å². The highest BCUT2D eigenvalue weighted by atomic mass is 35.5. The third kappa shape index (κ3) is 3.94. The Hall–Kier alpha value is -1.60. The van der Waals surface area contributed by atoms with Gasteiger partial charge in [0.1, 0.15) is 6.54 Å². The Kier molecular flexibility index (Phi) is 5.52. The normalized spacial score (nSPS) is 15.3. The number of rotatable bonds is 5. The Morgan fingerprint density at radius 1 is 1.50 bits per heavy atom. The highest BCUT2D eigenvalue weighted by molar-refractivity contribution is 5.85. The van der Waals surface area contributed by atoms with Crippen LogP contribution in [0.25, 0.3) is 0 Å². The van der Waals surface area contributed by atoms with Crippen molar-refractivity contribution in [1.82, 2.24) is 14.5 Å². The van der Waals surface area contributed by atoms with E-state index in [1.54, 1.807) is 0 Å². The molecule has 1 aromatic heterocycles. The zero-order valence-electron chi connectivity index (χ0n) is 11.2. The van der Waals surface area contributed by atoms with Crippen LogP contribution in [0.3, 0.4) is 0 Å². The van der Waals surface area contributed by atoms with Crippen molar-refractivity contribution in [3.63, 3.8) is 0 Å². The van der Waals surface area contributed by atoms with Crippen molar-refractivity contribution in [3.8, 4) is 0 Å². The van der Waals surface area contributed by atoms with Crippen LogP contribution in [-0.4, -0.2) is 27.6 Å². The van der Waals surface area contributed by atoms with Crippen molar-refractivity contribution in [2.45, 2.75) is 25.4 Å². The number of halogens is 1. The number of hydrogen-bond donors (Lipinski definition) is 2. The molecular formula is C12H19ClN4O3. The predicted molar refractivity (Wildman–Crippen MR) is 76.9 cm³/mol. The van der Waals surface area contributed by atoms with Crippen LogP contribution in [0, 0.1) is 5.92 Å². The van der Waals surface area contributed by atoms with Gasteiger partial charge in [0.25, 0.3) is 5.56 Å². The molecule has 2 rings (SSSR count). The molecule has 0 spiro atoms. The minimum atomic E-state index is -0.505. The molecule has 1 aliphatic rings. The fraction of sp³-hybridized carbons (Fsp3) is 0.583. The van der Waals surface area contributed by atoms with Gasteiger partial charge in [0, 0.05) is 31.9 Å². The number of nitrogens with one attached hydrogen (secondary N) is 1. The molecule has 1 heterocycles. The zero-order valence-corrected chi connectivity index (χ0v) is 12.1. The van der Waals surface area contributed by atoms with Crippen LogP contribution in [0.5, 0.6) is 0 Å². The predicted octanol–water partition coefficient (Wildman–Crippen LogP) is -1.18. The highest BCUT2D eigenvalue weighted by Crippen LogP contribution is 2.31. The molecule has 0 aromatic carbocycles. The minimum absolute atomic E-state index is 0. The lowest BCUT2D eigenvalue weighted by Gasteiger charge is -2.12. The lowest BCUT2D eigenvalue weighted by molar-refractivity contribution is -0.121. The lowest BCUT2D eigenvalue weighted by Crippen LogP contribution is -2.43. The number of aromatic nitrogens is 2. The van der Waals surface area contributed by atoms with Gasteiger partial charge in [-0.25, -0.2) is 4.79 Å². The summed E-state index contributed by atoms with van der Waals surface area (Å²) in [5.74, 6) is 0.234. The number of carbonyl (C=O) groups excluding carboxylic acids is 1. The molecule has 0 radical (unpaired) electrons. The van der Waals surface area contributed by atoms with E-state index >= 15 is 0 Å². The number of carbonyl (C=O) groups is 1. The molecule has 1 aliphatic carbocycles. The molecule has 1 fully saturated rings. The van der Waals surface area contributed by atoms with Gasteiger partial charge < -0.3 is 11.1 Å². The summed E-state index contributed by atoms with van der Waals surface area (Å²) in [5.41, 5.74) is 4.97. The number of amides is 1. The fourth-order valence-corrected chi connectivity index (χ4v) is 1.87. The first-order valence-corrected chi connectivity index (χ1v) is 6.28. The molecule has 1 saturated carbocycles. The Labute approximate surface area is 122 Å². The summed E-state index contributed by atoms with van der Waals surface area (Å²) in [4.78, 5) is 34.6. The molecule has 20 heavy (non-hydrogen) atoms. The Morgan fingerprint density at radius 3 is 2.75 bits per heavy atom. The van der Waals surface area contributed by atoms with Crippen LogP contribution in [0.15, 0.2) is 21.9 Å². The van der Waals surface area contributed by atoms with Crippen molar-refractivity contribution in [2.75, 3.05) is 6.54 Å². The largest absolute Gasteiger partial charge is 0.353 e. The second-order valence-corrected chi connectivity index (χ2v) is 4.93. The second kappa shape index (κ2) is 6.71. The summed E-state index contributed by atoms with van der Waals surface area (Å²) >= 11 is 0. The van der Waals surface area contributed by atoms with Gasteiger partial charge in [-0.1, -0.05) is 0 Å². The van der Waals surface area contributed by atoms with E-state index in [0.29, 0.717) is 12.5 Å². The maximum Gasteiger partial charge on any atom is 0.331 e. The first kappa shape index (κ1) is 16.5. The van der Waals surface area contributed by atoms with E-state index in [0.717, 1.165) is 17.4 Å². The van der Waals surface area contributed by atoms with Gasteiger partial charge in [0.2, 0.25) is 5.91 Å². The summed E-state index contributed by atoms with van der Waals surface area (Å²) in [6, 6.07) is 1.24. The van der Waals surface area contributed by atoms with Crippen LogP contribution in [0.1, 0.15) is 12.8 Å². The van der Waals surface area contributed by atoms with Gasteiger partial charge in [-0.05, 0) is 18.8 Å². The number of nitrogens with two attached hydrogens (primary N) is 1. The van der Waals surface area contributed by atoms with E-state index < -0.39 is 11.2 Å². The number of nitrogens with zero attached hydrogens (tertiary/aromatic N) is 2. The van der Waals surface area contributed by atoms with E-state index in [2.05, 4.69) is 5.32 Å². The van der Waals surface area contributed by atoms with E-state index in [1.165, 1.54) is 23.9 Å². The van der Waals surface area contributed by atoms with Gasteiger partial charge in [-0.3, -0.25) is 18.7 Å². The Balaban J connectivity index is 0.00000200. The van der Waals surface area contributed by atoms with E-state index in [4.69, 9.17) is 5.73 Å². The quantitative estimate of drug-likeness (QED) is 0.715. The molecule has 8 heteroatoms. The molecule has 3 N–H and O–H groups in total. The van der Waals surface area contributed by atoms with Gasteiger partial charge in [0.05, 0.1) is 0 Å². The topological polar surface area (TPSA) is 99.1 Å². The SMILES string of the molecule is Cl.Cn1c(=O)ccn(CC(=O)NCC(N)C2CC2)c1=O. The van der Waals surface area contributed by atoms with Crippen molar-refractivity contribution in [1.29, 1.82) is 0 Å². The third-order valence-corrected chi connectivity index (χ3v) is 3.34. The van der Waals surface area contributed by atoms with Gasteiger partial charge in [-0.2, -0.15) is 0 Å². The molecule has 1 amide bonds. The maximum absolute atomic E-state index is 11.7. The first-order valence-electron chi connectivity index (χ1n) is 6.28. The molecule has 0 aliphatic heterocycles. The average molecular weight is 303 g/mol. The minimum Gasteiger partial charge on any atom is -0.353 e. The van der Waals surface area contributed by atoms with Gasteiger partial charge >= 0.3 is 5.69 Å². The lowest BCUT2D eigenvalue weighted by atomic mass is 10.2. The van der Waals surface area contributed by atoms with Crippen LogP contribution in [0.2, 0.25) is 0 Å². The molecule has 1 atom stereocenters. The van der Waals surface area contributed by atoms with Crippen LogP contribution in [0.4, 0.5) is 0 Å².